The number of hydrogen-bond donors (Lipinski definition) is 2. The summed E-state index contributed by atoms with van der Waals surface area (Å²) in [5, 5.41) is 8.69. The summed E-state index contributed by atoms with van der Waals surface area (Å²) in [4.78, 5) is 16.6. The Kier molecular flexibility index (Phi) is 8.44. The zero-order valence-electron chi connectivity index (χ0n) is 13.9. The van der Waals surface area contributed by atoms with Crippen LogP contribution in [0.15, 0.2) is 23.6 Å². The van der Waals surface area contributed by atoms with Gasteiger partial charge >= 0.3 is 0 Å². The van der Waals surface area contributed by atoms with Crippen LogP contribution >= 0.6 is 36.2 Å². The van der Waals surface area contributed by atoms with Gasteiger partial charge in [0, 0.05) is 23.5 Å². The molecule has 0 bridgehead atoms. The van der Waals surface area contributed by atoms with E-state index >= 15 is 0 Å². The average molecular weight is 406 g/mol. The van der Waals surface area contributed by atoms with Crippen LogP contribution in [0.4, 0.5) is 0 Å². The first kappa shape index (κ1) is 21.5. The highest BCUT2D eigenvalue weighted by molar-refractivity contribution is 7.13. The smallest absolute Gasteiger partial charge is 0.270 e. The second kappa shape index (κ2) is 9.82. The quantitative estimate of drug-likeness (QED) is 0.772. The van der Waals surface area contributed by atoms with Crippen LogP contribution in [0.5, 0.6) is 11.5 Å². The van der Waals surface area contributed by atoms with E-state index in [9.17, 15) is 4.79 Å². The molecule has 0 saturated carbocycles. The molecule has 138 valence electrons. The Morgan fingerprint density at radius 2 is 2.08 bits per heavy atom. The predicted octanol–water partition coefficient (Wildman–Crippen LogP) is 3.11. The molecule has 0 saturated heterocycles. The van der Waals surface area contributed by atoms with Crippen LogP contribution in [-0.2, 0) is 0 Å². The third kappa shape index (κ3) is 5.22. The van der Waals surface area contributed by atoms with E-state index in [1.807, 2.05) is 32.0 Å². The molecule has 3 rings (SSSR count). The number of aromatic nitrogens is 1. The molecule has 1 aromatic heterocycles. The summed E-state index contributed by atoms with van der Waals surface area (Å²) in [6.45, 7) is 5.76. The zero-order valence-corrected chi connectivity index (χ0v) is 16.4. The lowest BCUT2D eigenvalue weighted by Crippen LogP contribution is -2.38. The molecule has 0 spiro atoms. The molecule has 1 atom stereocenters. The summed E-state index contributed by atoms with van der Waals surface area (Å²) in [5.74, 6) is 1.29. The molecule has 0 fully saturated rings. The van der Waals surface area contributed by atoms with Gasteiger partial charge in [-0.25, -0.2) is 4.98 Å². The van der Waals surface area contributed by atoms with Gasteiger partial charge in [-0.3, -0.25) is 4.79 Å². The van der Waals surface area contributed by atoms with Gasteiger partial charge in [0.1, 0.15) is 10.7 Å². The van der Waals surface area contributed by atoms with Crippen molar-refractivity contribution in [3.05, 3.63) is 29.3 Å². The number of benzene rings is 1. The van der Waals surface area contributed by atoms with E-state index in [0.717, 1.165) is 22.9 Å². The van der Waals surface area contributed by atoms with Crippen molar-refractivity contribution in [2.75, 3.05) is 19.9 Å². The summed E-state index contributed by atoms with van der Waals surface area (Å²) in [6, 6.07) is 5.89. The third-order valence-corrected chi connectivity index (χ3v) is 4.37. The van der Waals surface area contributed by atoms with Gasteiger partial charge in [-0.2, -0.15) is 0 Å². The van der Waals surface area contributed by atoms with Gasteiger partial charge in [-0.05, 0) is 31.7 Å². The highest BCUT2D eigenvalue weighted by Gasteiger charge is 2.17. The summed E-state index contributed by atoms with van der Waals surface area (Å²) in [6.07, 6.45) is 0. The monoisotopic (exact) mass is 405 g/mol. The van der Waals surface area contributed by atoms with E-state index in [0.29, 0.717) is 18.0 Å². The largest absolute Gasteiger partial charge is 0.454 e. The number of nitrogens with zero attached hydrogens (tertiary/aromatic N) is 1. The fraction of sp³-hybridized carbons (Fsp3) is 0.375. The lowest BCUT2D eigenvalue weighted by atomic mass is 10.2. The number of fused-ring (bicyclic) bond motifs is 1. The van der Waals surface area contributed by atoms with Gasteiger partial charge in [-0.15, -0.1) is 36.2 Å². The number of thiazole rings is 1. The van der Waals surface area contributed by atoms with Crippen LogP contribution in [-0.4, -0.2) is 36.8 Å². The average Bonchev–Trinajstić information content (AvgIpc) is 3.21. The Bertz CT molecular complexity index is 712. The van der Waals surface area contributed by atoms with Crippen molar-refractivity contribution >= 4 is 42.1 Å². The Labute approximate surface area is 163 Å². The molecule has 2 aromatic rings. The van der Waals surface area contributed by atoms with Crippen molar-refractivity contribution in [2.24, 2.45) is 0 Å². The van der Waals surface area contributed by atoms with Crippen LogP contribution < -0.4 is 20.1 Å². The molecule has 1 aliphatic rings. The second-order valence-electron chi connectivity index (χ2n) is 5.27. The lowest BCUT2D eigenvalue weighted by Gasteiger charge is -2.12. The lowest BCUT2D eigenvalue weighted by molar-refractivity contribution is 0.0946. The van der Waals surface area contributed by atoms with E-state index in [4.69, 9.17) is 9.47 Å². The predicted molar refractivity (Wildman–Crippen MR) is 104 cm³/mol. The minimum atomic E-state index is -0.155. The maximum atomic E-state index is 12.1. The van der Waals surface area contributed by atoms with Crippen LogP contribution in [0, 0.1) is 0 Å². The molecule has 0 unspecified atom stereocenters. The number of rotatable bonds is 6. The highest BCUT2D eigenvalue weighted by atomic mass is 35.5. The Balaban J connectivity index is 0.00000156. The van der Waals surface area contributed by atoms with Crippen LogP contribution in [0.1, 0.15) is 24.3 Å². The number of amides is 1. The van der Waals surface area contributed by atoms with Gasteiger partial charge < -0.3 is 20.1 Å². The van der Waals surface area contributed by atoms with Crippen LogP contribution in [0.25, 0.3) is 10.6 Å². The van der Waals surface area contributed by atoms with E-state index in [2.05, 4.69) is 15.6 Å². The number of nitrogens with one attached hydrogen (secondary N) is 2. The number of carbonyl (C=O) groups excluding carboxylic acids is 1. The molecular weight excluding hydrogens is 385 g/mol. The summed E-state index contributed by atoms with van der Waals surface area (Å²) in [7, 11) is 0. The summed E-state index contributed by atoms with van der Waals surface area (Å²) < 4.78 is 10.7. The SMILES string of the molecule is CCN[C@H](C)CNC(=O)c1csc(-c2ccc3c(c2)OCO3)n1.Cl.Cl. The normalized spacial score (nSPS) is 12.7. The maximum Gasteiger partial charge on any atom is 0.270 e. The topological polar surface area (TPSA) is 72.5 Å². The van der Waals surface area contributed by atoms with Gasteiger partial charge in [0.25, 0.3) is 5.91 Å². The van der Waals surface area contributed by atoms with Crippen molar-refractivity contribution in [2.45, 2.75) is 19.9 Å². The number of likely N-dealkylation sites (N-methyl/N-ethyl adjacent to an activating group) is 1. The maximum absolute atomic E-state index is 12.1. The molecule has 25 heavy (non-hydrogen) atoms. The van der Waals surface area contributed by atoms with E-state index in [-0.39, 0.29) is 43.6 Å². The minimum absolute atomic E-state index is 0. The minimum Gasteiger partial charge on any atom is -0.454 e. The third-order valence-electron chi connectivity index (χ3n) is 3.48. The Morgan fingerprint density at radius 1 is 1.32 bits per heavy atom. The van der Waals surface area contributed by atoms with Crippen molar-refractivity contribution < 1.29 is 14.3 Å². The number of hydrogen-bond acceptors (Lipinski definition) is 6. The Hall–Kier alpha value is -1.54. The highest BCUT2D eigenvalue weighted by Crippen LogP contribution is 2.36. The number of ether oxygens (including phenoxy) is 2. The summed E-state index contributed by atoms with van der Waals surface area (Å²) >= 11 is 1.44. The van der Waals surface area contributed by atoms with Crippen LogP contribution in [0.3, 0.4) is 0 Å². The molecule has 1 aromatic carbocycles. The summed E-state index contributed by atoms with van der Waals surface area (Å²) in [5.41, 5.74) is 1.35. The number of halogens is 2. The van der Waals surface area contributed by atoms with Gasteiger partial charge in [0.2, 0.25) is 6.79 Å². The van der Waals surface area contributed by atoms with Gasteiger partial charge in [0.15, 0.2) is 11.5 Å². The molecule has 2 N–H and O–H groups in total. The molecule has 6 nitrogen and oxygen atoms in total. The van der Waals surface area contributed by atoms with E-state index in [1.165, 1.54) is 11.3 Å². The molecule has 2 heterocycles. The van der Waals surface area contributed by atoms with Crippen molar-refractivity contribution in [3.63, 3.8) is 0 Å². The first-order chi connectivity index (χ1) is 11.2. The fourth-order valence-corrected chi connectivity index (χ4v) is 3.09. The molecular formula is C16H21Cl2N3O3S. The van der Waals surface area contributed by atoms with Crippen molar-refractivity contribution in [3.8, 4) is 22.1 Å². The second-order valence-corrected chi connectivity index (χ2v) is 6.13. The van der Waals surface area contributed by atoms with E-state index < -0.39 is 0 Å². The first-order valence-corrected chi connectivity index (χ1v) is 8.42. The molecule has 9 heteroatoms. The standard InChI is InChI=1S/C16H19N3O3S.2ClH/c1-3-17-10(2)7-18-15(20)12-8-23-16(19-12)11-4-5-13-14(6-11)22-9-21-13;;/h4-6,8,10,17H,3,7,9H2,1-2H3,(H,18,20);2*1H/t10-;;/m1../s1. The first-order valence-electron chi connectivity index (χ1n) is 7.54. The van der Waals surface area contributed by atoms with E-state index in [1.54, 1.807) is 5.38 Å². The van der Waals surface area contributed by atoms with Gasteiger partial charge in [-0.1, -0.05) is 6.92 Å². The molecule has 1 amide bonds. The fourth-order valence-electron chi connectivity index (χ4n) is 2.30. The van der Waals surface area contributed by atoms with Crippen molar-refractivity contribution in [1.29, 1.82) is 0 Å². The molecule has 1 aliphatic heterocycles. The number of carbonyl (C=O) groups is 1. The molecule has 0 radical (unpaired) electrons. The zero-order chi connectivity index (χ0) is 16.2. The molecule has 0 aliphatic carbocycles. The Morgan fingerprint density at radius 3 is 2.84 bits per heavy atom. The van der Waals surface area contributed by atoms with Crippen molar-refractivity contribution in [1.82, 2.24) is 15.6 Å². The van der Waals surface area contributed by atoms with Crippen LogP contribution in [0.2, 0.25) is 0 Å². The van der Waals surface area contributed by atoms with Gasteiger partial charge in [0.05, 0.1) is 0 Å².